The first kappa shape index (κ1) is 18.4. The van der Waals surface area contributed by atoms with E-state index < -0.39 is 0 Å². The first-order valence-electron chi connectivity index (χ1n) is 9.97. The number of fused-ring (bicyclic) bond motifs is 1. The number of benzene rings is 2. The van der Waals surface area contributed by atoms with E-state index in [2.05, 4.69) is 25.0 Å². The van der Waals surface area contributed by atoms with Gasteiger partial charge in [-0.05, 0) is 24.3 Å². The Bertz CT molecular complexity index is 1020. The Kier molecular flexibility index (Phi) is 5.12. The van der Waals surface area contributed by atoms with Gasteiger partial charge in [0.15, 0.2) is 5.16 Å². The summed E-state index contributed by atoms with van der Waals surface area (Å²) >= 11 is 1.45. The van der Waals surface area contributed by atoms with E-state index in [4.69, 9.17) is 4.74 Å². The molecule has 8 heteroatoms. The molecule has 2 aliphatic rings. The van der Waals surface area contributed by atoms with Crippen molar-refractivity contribution in [3.8, 4) is 0 Å². The second-order valence-corrected chi connectivity index (χ2v) is 8.29. The molecule has 0 unspecified atom stereocenters. The third-order valence-electron chi connectivity index (χ3n) is 5.25. The fraction of sp³-hybridized carbons (Fsp3) is 0.381. The monoisotopic (exact) mass is 409 g/mol. The topological polar surface area (TPSA) is 72.3 Å². The van der Waals surface area contributed by atoms with Gasteiger partial charge in [0.25, 0.3) is 0 Å². The number of amides is 1. The van der Waals surface area contributed by atoms with Crippen LogP contribution < -0.4 is 10.2 Å². The van der Waals surface area contributed by atoms with E-state index in [9.17, 15) is 4.79 Å². The second-order valence-electron chi connectivity index (χ2n) is 7.35. The number of carbonyl (C=O) groups excluding carboxylic acids is 1. The average Bonchev–Trinajstić information content (AvgIpc) is 3.52. The quantitative estimate of drug-likeness (QED) is 0.630. The van der Waals surface area contributed by atoms with E-state index in [1.54, 1.807) is 0 Å². The molecular formula is C21H23N5O2S. The first-order chi connectivity index (χ1) is 14.3. The molecule has 0 atom stereocenters. The predicted octanol–water partition coefficient (Wildman–Crippen LogP) is 3.33. The van der Waals surface area contributed by atoms with Crippen molar-refractivity contribution >= 4 is 40.1 Å². The lowest BCUT2D eigenvalue weighted by molar-refractivity contribution is -0.113. The van der Waals surface area contributed by atoms with Crippen LogP contribution in [0.25, 0.3) is 10.8 Å². The van der Waals surface area contributed by atoms with Crippen molar-refractivity contribution in [2.24, 2.45) is 0 Å². The molecule has 29 heavy (non-hydrogen) atoms. The van der Waals surface area contributed by atoms with E-state index in [1.165, 1.54) is 11.8 Å². The van der Waals surface area contributed by atoms with Crippen molar-refractivity contribution in [2.75, 3.05) is 42.3 Å². The Morgan fingerprint density at radius 3 is 2.72 bits per heavy atom. The normalized spacial score (nSPS) is 16.9. The standard InChI is InChI=1S/C21H23N5O2S/c27-19(22-18-7-3-5-15-4-1-2-6-17(15)18)14-29-21-24-23-20(26(21)16-8-9-16)25-10-12-28-13-11-25/h1-7,16H,8-14H2,(H,22,27). The predicted molar refractivity (Wildman–Crippen MR) is 115 cm³/mol. The average molecular weight is 410 g/mol. The Hall–Kier alpha value is -2.58. The zero-order chi connectivity index (χ0) is 19.6. The first-order valence-corrected chi connectivity index (χ1v) is 11.0. The minimum atomic E-state index is -0.0374. The number of hydrogen-bond donors (Lipinski definition) is 1. The number of ether oxygens (including phenoxy) is 1. The van der Waals surface area contributed by atoms with E-state index in [1.807, 2.05) is 42.5 Å². The molecule has 2 aromatic carbocycles. The van der Waals surface area contributed by atoms with Crippen LogP contribution in [-0.4, -0.2) is 52.7 Å². The highest BCUT2D eigenvalue weighted by Crippen LogP contribution is 2.41. The van der Waals surface area contributed by atoms with Gasteiger partial charge in [-0.15, -0.1) is 10.2 Å². The molecule has 150 valence electrons. The fourth-order valence-electron chi connectivity index (χ4n) is 3.65. The van der Waals surface area contributed by atoms with Crippen molar-refractivity contribution in [3.63, 3.8) is 0 Å². The highest BCUT2D eigenvalue weighted by molar-refractivity contribution is 7.99. The zero-order valence-electron chi connectivity index (χ0n) is 16.1. The zero-order valence-corrected chi connectivity index (χ0v) is 16.9. The summed E-state index contributed by atoms with van der Waals surface area (Å²) in [4.78, 5) is 14.8. The fourth-order valence-corrected chi connectivity index (χ4v) is 4.45. The minimum absolute atomic E-state index is 0.0374. The van der Waals surface area contributed by atoms with Crippen LogP contribution in [-0.2, 0) is 9.53 Å². The van der Waals surface area contributed by atoms with Gasteiger partial charge in [0.1, 0.15) is 0 Å². The molecule has 1 N–H and O–H groups in total. The second kappa shape index (κ2) is 8.04. The van der Waals surface area contributed by atoms with Gasteiger partial charge in [-0.2, -0.15) is 0 Å². The summed E-state index contributed by atoms with van der Waals surface area (Å²) in [5.41, 5.74) is 0.839. The van der Waals surface area contributed by atoms with Gasteiger partial charge in [-0.1, -0.05) is 48.2 Å². The number of hydrogen-bond acceptors (Lipinski definition) is 6. The molecule has 1 saturated heterocycles. The van der Waals surface area contributed by atoms with Crippen molar-refractivity contribution in [2.45, 2.75) is 24.0 Å². The third-order valence-corrected chi connectivity index (χ3v) is 6.19. The molecule has 1 aliphatic carbocycles. The lowest BCUT2D eigenvalue weighted by Crippen LogP contribution is -2.38. The third kappa shape index (κ3) is 3.95. The van der Waals surface area contributed by atoms with Crippen LogP contribution in [0.5, 0.6) is 0 Å². The lowest BCUT2D eigenvalue weighted by atomic mass is 10.1. The van der Waals surface area contributed by atoms with Crippen LogP contribution in [0.15, 0.2) is 47.6 Å². The van der Waals surface area contributed by atoms with Gasteiger partial charge in [-0.3, -0.25) is 9.36 Å². The lowest BCUT2D eigenvalue weighted by Gasteiger charge is -2.27. The molecule has 1 aliphatic heterocycles. The number of nitrogens with one attached hydrogen (secondary N) is 1. The number of carbonyl (C=O) groups is 1. The largest absolute Gasteiger partial charge is 0.378 e. The number of nitrogens with zero attached hydrogens (tertiary/aromatic N) is 4. The number of thioether (sulfide) groups is 1. The van der Waals surface area contributed by atoms with E-state index in [0.29, 0.717) is 25.0 Å². The van der Waals surface area contributed by atoms with Crippen molar-refractivity contribution < 1.29 is 9.53 Å². The smallest absolute Gasteiger partial charge is 0.234 e. The Balaban J connectivity index is 1.28. The molecule has 1 amide bonds. The van der Waals surface area contributed by atoms with Gasteiger partial charge in [-0.25, -0.2) is 0 Å². The van der Waals surface area contributed by atoms with Crippen LogP contribution in [0.3, 0.4) is 0 Å². The van der Waals surface area contributed by atoms with Gasteiger partial charge < -0.3 is 15.0 Å². The van der Waals surface area contributed by atoms with Crippen molar-refractivity contribution in [1.82, 2.24) is 14.8 Å². The molecule has 1 saturated carbocycles. The van der Waals surface area contributed by atoms with Crippen molar-refractivity contribution in [1.29, 1.82) is 0 Å². The maximum Gasteiger partial charge on any atom is 0.234 e. The number of rotatable bonds is 6. The number of anilines is 2. The summed E-state index contributed by atoms with van der Waals surface area (Å²) in [6, 6.07) is 14.5. The van der Waals surface area contributed by atoms with Crippen molar-refractivity contribution in [3.05, 3.63) is 42.5 Å². The molecule has 2 fully saturated rings. The van der Waals surface area contributed by atoms with Gasteiger partial charge >= 0.3 is 0 Å². The summed E-state index contributed by atoms with van der Waals surface area (Å²) in [6.45, 7) is 3.09. The molecule has 7 nitrogen and oxygen atoms in total. The van der Waals surface area contributed by atoms with Crippen LogP contribution >= 0.6 is 11.8 Å². The van der Waals surface area contributed by atoms with E-state index in [-0.39, 0.29) is 5.91 Å². The molecule has 0 radical (unpaired) electrons. The Morgan fingerprint density at radius 2 is 1.90 bits per heavy atom. The summed E-state index contributed by atoms with van der Waals surface area (Å²) in [6.07, 6.45) is 2.29. The highest BCUT2D eigenvalue weighted by Gasteiger charge is 2.32. The maximum atomic E-state index is 12.6. The van der Waals surface area contributed by atoms with Gasteiger partial charge in [0.05, 0.1) is 19.0 Å². The Morgan fingerprint density at radius 1 is 1.10 bits per heavy atom. The summed E-state index contributed by atoms with van der Waals surface area (Å²) < 4.78 is 7.66. The summed E-state index contributed by atoms with van der Waals surface area (Å²) in [5.74, 6) is 1.18. The molecular weight excluding hydrogens is 386 g/mol. The number of aromatic nitrogens is 3. The molecule has 0 bridgehead atoms. The molecule has 3 aromatic rings. The van der Waals surface area contributed by atoms with Crippen LogP contribution in [0.4, 0.5) is 11.6 Å². The van der Waals surface area contributed by atoms with Crippen LogP contribution in [0.2, 0.25) is 0 Å². The Labute approximate surface area is 173 Å². The van der Waals surface area contributed by atoms with Gasteiger partial charge in [0.2, 0.25) is 11.9 Å². The van der Waals surface area contributed by atoms with E-state index in [0.717, 1.165) is 53.5 Å². The molecule has 0 spiro atoms. The van der Waals surface area contributed by atoms with Crippen LogP contribution in [0, 0.1) is 0 Å². The minimum Gasteiger partial charge on any atom is -0.378 e. The maximum absolute atomic E-state index is 12.6. The number of morpholine rings is 1. The van der Waals surface area contributed by atoms with Gasteiger partial charge in [0, 0.05) is 30.2 Å². The summed E-state index contributed by atoms with van der Waals surface area (Å²) in [7, 11) is 0. The molecule has 5 rings (SSSR count). The highest BCUT2D eigenvalue weighted by atomic mass is 32.2. The molecule has 1 aromatic heterocycles. The van der Waals surface area contributed by atoms with E-state index >= 15 is 0 Å². The summed E-state index contributed by atoms with van der Waals surface area (Å²) in [5, 5.41) is 14.9. The van der Waals surface area contributed by atoms with Crippen LogP contribution in [0.1, 0.15) is 18.9 Å². The molecule has 2 heterocycles. The SMILES string of the molecule is O=C(CSc1nnc(N2CCOCC2)n1C1CC1)Nc1cccc2ccccc12.